The SMILES string of the molecule is Nc1cc(Sc2ccccc2)ccc1O. The number of hydrogen-bond donors (Lipinski definition) is 2. The van der Waals surface area contributed by atoms with Crippen LogP contribution in [0.4, 0.5) is 5.69 Å². The molecule has 0 radical (unpaired) electrons. The van der Waals surface area contributed by atoms with Gasteiger partial charge in [0.15, 0.2) is 0 Å². The number of anilines is 1. The van der Waals surface area contributed by atoms with E-state index in [2.05, 4.69) is 0 Å². The lowest BCUT2D eigenvalue weighted by Crippen LogP contribution is -1.85. The molecule has 0 saturated heterocycles. The number of benzene rings is 2. The molecule has 0 atom stereocenters. The summed E-state index contributed by atoms with van der Waals surface area (Å²) in [5.74, 6) is 0.132. The van der Waals surface area contributed by atoms with E-state index in [0.717, 1.165) is 9.79 Å². The van der Waals surface area contributed by atoms with Crippen molar-refractivity contribution in [2.24, 2.45) is 0 Å². The van der Waals surface area contributed by atoms with E-state index >= 15 is 0 Å². The highest BCUT2D eigenvalue weighted by atomic mass is 32.2. The Balaban J connectivity index is 2.22. The monoisotopic (exact) mass is 217 g/mol. The third-order valence-corrected chi connectivity index (χ3v) is 2.98. The van der Waals surface area contributed by atoms with Crippen LogP contribution in [0.15, 0.2) is 58.3 Å². The van der Waals surface area contributed by atoms with Crippen LogP contribution in [0.25, 0.3) is 0 Å². The largest absolute Gasteiger partial charge is 0.506 e. The Hall–Kier alpha value is -1.61. The van der Waals surface area contributed by atoms with Crippen molar-refractivity contribution in [1.29, 1.82) is 0 Å². The molecule has 0 spiro atoms. The molecular weight excluding hydrogens is 206 g/mol. The minimum Gasteiger partial charge on any atom is -0.506 e. The number of nitrogen functional groups attached to an aromatic ring is 1. The van der Waals surface area contributed by atoms with Gasteiger partial charge in [-0.2, -0.15) is 0 Å². The third-order valence-electron chi connectivity index (χ3n) is 1.98. The summed E-state index contributed by atoms with van der Waals surface area (Å²) in [5, 5.41) is 9.28. The molecule has 76 valence electrons. The smallest absolute Gasteiger partial charge is 0.138 e. The van der Waals surface area contributed by atoms with Crippen LogP contribution in [0.3, 0.4) is 0 Å². The van der Waals surface area contributed by atoms with Gasteiger partial charge in [0, 0.05) is 9.79 Å². The fourth-order valence-electron chi connectivity index (χ4n) is 1.22. The summed E-state index contributed by atoms with van der Waals surface area (Å²) >= 11 is 1.62. The highest BCUT2D eigenvalue weighted by Crippen LogP contribution is 2.31. The summed E-state index contributed by atoms with van der Waals surface area (Å²) < 4.78 is 0. The Labute approximate surface area is 92.7 Å². The Kier molecular flexibility index (Phi) is 2.83. The van der Waals surface area contributed by atoms with Crippen molar-refractivity contribution in [3.63, 3.8) is 0 Å². The first kappa shape index (κ1) is 9.93. The molecule has 0 amide bonds. The summed E-state index contributed by atoms with van der Waals surface area (Å²) in [7, 11) is 0. The van der Waals surface area contributed by atoms with Crippen LogP contribution < -0.4 is 5.73 Å². The Bertz CT molecular complexity index is 456. The van der Waals surface area contributed by atoms with Gasteiger partial charge in [0.25, 0.3) is 0 Å². The number of nitrogens with two attached hydrogens (primary N) is 1. The standard InChI is InChI=1S/C12H11NOS/c13-11-8-10(6-7-12(11)14)15-9-4-2-1-3-5-9/h1-8,14H,13H2. The second-order valence-electron chi connectivity index (χ2n) is 3.14. The number of hydrogen-bond acceptors (Lipinski definition) is 3. The molecule has 0 bridgehead atoms. The van der Waals surface area contributed by atoms with Crippen molar-refractivity contribution >= 4 is 17.4 Å². The zero-order valence-corrected chi connectivity index (χ0v) is 8.87. The zero-order valence-electron chi connectivity index (χ0n) is 8.05. The van der Waals surface area contributed by atoms with Crippen molar-refractivity contribution in [3.05, 3.63) is 48.5 Å². The molecule has 0 saturated carbocycles. The molecule has 3 heteroatoms. The zero-order chi connectivity index (χ0) is 10.7. The Morgan fingerprint density at radius 2 is 1.67 bits per heavy atom. The van der Waals surface area contributed by atoms with Crippen LogP contribution in [0.1, 0.15) is 0 Å². The maximum absolute atomic E-state index is 9.28. The quantitative estimate of drug-likeness (QED) is 0.600. The van der Waals surface area contributed by atoms with Gasteiger partial charge in [0.05, 0.1) is 5.69 Å². The predicted octanol–water partition coefficient (Wildman–Crippen LogP) is 3.13. The highest BCUT2D eigenvalue weighted by Gasteiger charge is 2.00. The molecule has 0 aliphatic heterocycles. The van der Waals surface area contributed by atoms with Crippen LogP contribution in [-0.4, -0.2) is 5.11 Å². The molecule has 2 aromatic carbocycles. The average molecular weight is 217 g/mol. The van der Waals surface area contributed by atoms with E-state index in [-0.39, 0.29) is 5.75 Å². The number of phenolic OH excluding ortho intramolecular Hbond substituents is 1. The fourth-order valence-corrected chi connectivity index (χ4v) is 2.11. The van der Waals surface area contributed by atoms with E-state index < -0.39 is 0 Å². The molecule has 2 nitrogen and oxygen atoms in total. The highest BCUT2D eigenvalue weighted by molar-refractivity contribution is 7.99. The molecule has 2 rings (SSSR count). The molecule has 0 heterocycles. The minimum atomic E-state index is 0.132. The van der Waals surface area contributed by atoms with Gasteiger partial charge in [0.1, 0.15) is 5.75 Å². The summed E-state index contributed by atoms with van der Waals surface area (Å²) in [6.45, 7) is 0. The third kappa shape index (κ3) is 2.44. The first-order chi connectivity index (χ1) is 7.25. The van der Waals surface area contributed by atoms with Crippen molar-refractivity contribution in [3.8, 4) is 5.75 Å². The molecule has 0 unspecified atom stereocenters. The topological polar surface area (TPSA) is 46.2 Å². The molecule has 0 aliphatic carbocycles. The molecule has 2 aromatic rings. The van der Waals surface area contributed by atoms with Crippen LogP contribution >= 0.6 is 11.8 Å². The van der Waals surface area contributed by atoms with Crippen molar-refractivity contribution < 1.29 is 5.11 Å². The normalized spacial score (nSPS) is 10.1. The molecule has 15 heavy (non-hydrogen) atoms. The van der Waals surface area contributed by atoms with E-state index in [0.29, 0.717) is 5.69 Å². The van der Waals surface area contributed by atoms with Crippen molar-refractivity contribution in [2.75, 3.05) is 5.73 Å². The molecule has 0 aromatic heterocycles. The summed E-state index contributed by atoms with van der Waals surface area (Å²) in [4.78, 5) is 2.18. The fraction of sp³-hybridized carbons (Fsp3) is 0. The van der Waals surface area contributed by atoms with Crippen molar-refractivity contribution in [2.45, 2.75) is 9.79 Å². The van der Waals surface area contributed by atoms with E-state index in [1.807, 2.05) is 36.4 Å². The number of phenols is 1. The molecule has 3 N–H and O–H groups in total. The van der Waals surface area contributed by atoms with Gasteiger partial charge in [-0.1, -0.05) is 30.0 Å². The van der Waals surface area contributed by atoms with E-state index in [1.54, 1.807) is 23.9 Å². The van der Waals surface area contributed by atoms with Crippen LogP contribution in [0.5, 0.6) is 5.75 Å². The number of aromatic hydroxyl groups is 1. The maximum atomic E-state index is 9.28. The van der Waals surface area contributed by atoms with E-state index in [9.17, 15) is 5.11 Å². The van der Waals surface area contributed by atoms with Gasteiger partial charge in [-0.25, -0.2) is 0 Å². The van der Waals surface area contributed by atoms with Gasteiger partial charge in [-0.05, 0) is 30.3 Å². The summed E-state index contributed by atoms with van der Waals surface area (Å²) in [6, 6.07) is 15.3. The van der Waals surface area contributed by atoms with Gasteiger partial charge in [0.2, 0.25) is 0 Å². The second kappa shape index (κ2) is 4.28. The van der Waals surface area contributed by atoms with Gasteiger partial charge >= 0.3 is 0 Å². The average Bonchev–Trinajstić information content (AvgIpc) is 2.25. The maximum Gasteiger partial charge on any atom is 0.138 e. The first-order valence-corrected chi connectivity index (χ1v) is 5.39. The van der Waals surface area contributed by atoms with E-state index in [4.69, 9.17) is 5.73 Å². The first-order valence-electron chi connectivity index (χ1n) is 4.57. The molecular formula is C12H11NOS. The van der Waals surface area contributed by atoms with E-state index in [1.165, 1.54) is 0 Å². The van der Waals surface area contributed by atoms with Crippen molar-refractivity contribution in [1.82, 2.24) is 0 Å². The lowest BCUT2D eigenvalue weighted by atomic mass is 10.3. The van der Waals surface area contributed by atoms with Crippen LogP contribution in [0, 0.1) is 0 Å². The van der Waals surface area contributed by atoms with Crippen LogP contribution in [-0.2, 0) is 0 Å². The minimum absolute atomic E-state index is 0.132. The predicted molar refractivity (Wildman–Crippen MR) is 63.1 cm³/mol. The summed E-state index contributed by atoms with van der Waals surface area (Å²) in [6.07, 6.45) is 0. The van der Waals surface area contributed by atoms with Gasteiger partial charge < -0.3 is 10.8 Å². The lowest BCUT2D eigenvalue weighted by Gasteiger charge is -2.03. The molecule has 0 fully saturated rings. The van der Waals surface area contributed by atoms with Gasteiger partial charge in [-0.3, -0.25) is 0 Å². The lowest BCUT2D eigenvalue weighted by molar-refractivity contribution is 0.477. The van der Waals surface area contributed by atoms with Gasteiger partial charge in [-0.15, -0.1) is 0 Å². The second-order valence-corrected chi connectivity index (χ2v) is 4.28. The Morgan fingerprint density at radius 3 is 2.33 bits per heavy atom. The summed E-state index contributed by atoms with van der Waals surface area (Å²) in [5.41, 5.74) is 6.02. The Morgan fingerprint density at radius 1 is 0.933 bits per heavy atom. The number of rotatable bonds is 2. The van der Waals surface area contributed by atoms with Crippen LogP contribution in [0.2, 0.25) is 0 Å². The molecule has 0 aliphatic rings.